The van der Waals surface area contributed by atoms with Gasteiger partial charge in [-0.25, -0.2) is 4.39 Å². The Bertz CT molecular complexity index is 847. The highest BCUT2D eigenvalue weighted by Crippen LogP contribution is 2.28. The van der Waals surface area contributed by atoms with Crippen molar-refractivity contribution in [3.05, 3.63) is 59.2 Å². The van der Waals surface area contributed by atoms with Crippen LogP contribution in [0.2, 0.25) is 0 Å². The first kappa shape index (κ1) is 16.1. The number of amides is 1. The van der Waals surface area contributed by atoms with E-state index in [1.807, 2.05) is 12.1 Å². The summed E-state index contributed by atoms with van der Waals surface area (Å²) < 4.78 is 22.1. The van der Waals surface area contributed by atoms with Gasteiger partial charge >= 0.3 is 0 Å². The summed E-state index contributed by atoms with van der Waals surface area (Å²) in [4.78, 5) is 14.6. The predicted octanol–water partition coefficient (Wildman–Crippen LogP) is 3.63. The fourth-order valence-corrected chi connectivity index (χ4v) is 2.87. The van der Waals surface area contributed by atoms with Gasteiger partial charge in [-0.2, -0.15) is 0 Å². The highest BCUT2D eigenvalue weighted by molar-refractivity contribution is 7.08. The van der Waals surface area contributed by atoms with Crippen LogP contribution in [0.1, 0.15) is 9.67 Å². The molecule has 0 radical (unpaired) electrons. The lowest BCUT2D eigenvalue weighted by Crippen LogP contribution is -2.25. The Balaban J connectivity index is 1.91. The largest absolute Gasteiger partial charge is 0.497 e. The number of nitrogens with zero attached hydrogens (tertiary/aromatic N) is 3. The van der Waals surface area contributed by atoms with Crippen molar-refractivity contribution in [1.82, 2.24) is 9.59 Å². The number of ether oxygens (including phenoxy) is 1. The van der Waals surface area contributed by atoms with E-state index in [2.05, 4.69) is 9.59 Å². The number of halogens is 1. The summed E-state index contributed by atoms with van der Waals surface area (Å²) in [5, 5.41) is 4.07. The van der Waals surface area contributed by atoms with Crippen LogP contribution in [0.4, 0.5) is 10.1 Å². The zero-order chi connectivity index (χ0) is 17.1. The minimum Gasteiger partial charge on any atom is -0.497 e. The molecule has 0 bridgehead atoms. The van der Waals surface area contributed by atoms with E-state index < -0.39 is 0 Å². The number of anilines is 1. The van der Waals surface area contributed by atoms with Crippen molar-refractivity contribution >= 4 is 23.1 Å². The Labute approximate surface area is 142 Å². The number of hydrogen-bond acceptors (Lipinski definition) is 5. The van der Waals surface area contributed by atoms with Gasteiger partial charge in [0.25, 0.3) is 5.91 Å². The van der Waals surface area contributed by atoms with Crippen LogP contribution >= 0.6 is 11.5 Å². The second kappa shape index (κ2) is 6.76. The van der Waals surface area contributed by atoms with Crippen LogP contribution in [0.3, 0.4) is 0 Å². The summed E-state index contributed by atoms with van der Waals surface area (Å²) in [6.45, 7) is 0. The van der Waals surface area contributed by atoms with Crippen molar-refractivity contribution in [1.29, 1.82) is 0 Å². The van der Waals surface area contributed by atoms with Crippen molar-refractivity contribution in [3.8, 4) is 17.0 Å². The molecule has 0 unspecified atom stereocenters. The summed E-state index contributed by atoms with van der Waals surface area (Å²) in [6.07, 6.45) is 0. The third-order valence-electron chi connectivity index (χ3n) is 3.56. The Morgan fingerprint density at radius 3 is 2.42 bits per heavy atom. The molecule has 0 saturated heterocycles. The van der Waals surface area contributed by atoms with E-state index in [-0.39, 0.29) is 11.7 Å². The van der Waals surface area contributed by atoms with Gasteiger partial charge in [0, 0.05) is 18.3 Å². The maximum absolute atomic E-state index is 13.0. The molecule has 1 amide bonds. The zero-order valence-electron chi connectivity index (χ0n) is 13.1. The van der Waals surface area contributed by atoms with E-state index in [1.165, 1.54) is 17.0 Å². The van der Waals surface area contributed by atoms with Crippen molar-refractivity contribution in [2.45, 2.75) is 0 Å². The number of carbonyl (C=O) groups excluding carboxylic acids is 1. The summed E-state index contributed by atoms with van der Waals surface area (Å²) in [5.41, 5.74) is 1.89. The lowest BCUT2D eigenvalue weighted by molar-refractivity contribution is 0.0997. The van der Waals surface area contributed by atoms with E-state index in [1.54, 1.807) is 38.4 Å². The van der Waals surface area contributed by atoms with Crippen molar-refractivity contribution < 1.29 is 13.9 Å². The molecule has 7 heteroatoms. The van der Waals surface area contributed by atoms with Gasteiger partial charge < -0.3 is 9.64 Å². The molecule has 0 aliphatic carbocycles. The maximum Gasteiger partial charge on any atom is 0.272 e. The van der Waals surface area contributed by atoms with Gasteiger partial charge in [-0.1, -0.05) is 4.49 Å². The first-order valence-electron chi connectivity index (χ1n) is 7.10. The third-order valence-corrected chi connectivity index (χ3v) is 4.28. The van der Waals surface area contributed by atoms with Crippen LogP contribution in [0.15, 0.2) is 48.5 Å². The molecule has 3 aromatic rings. The standard InChI is InChI=1S/C17H14FN3O2S/c1-21(13-7-5-12(18)6-8-13)17(22)16-15(19-20-24-16)11-3-9-14(23-2)10-4-11/h3-10H,1-2H3. The van der Waals surface area contributed by atoms with Crippen LogP contribution in [-0.2, 0) is 0 Å². The number of hydrogen-bond donors (Lipinski definition) is 0. The Kier molecular flexibility index (Phi) is 4.52. The number of carbonyl (C=O) groups is 1. The van der Waals surface area contributed by atoms with Gasteiger partial charge in [0.2, 0.25) is 0 Å². The average molecular weight is 343 g/mol. The highest BCUT2D eigenvalue weighted by atomic mass is 32.1. The van der Waals surface area contributed by atoms with Gasteiger partial charge in [-0.05, 0) is 60.1 Å². The molecule has 0 atom stereocenters. The second-order valence-corrected chi connectivity index (χ2v) is 5.77. The molecule has 0 saturated carbocycles. The molecule has 0 spiro atoms. The minimum absolute atomic E-state index is 0.248. The summed E-state index contributed by atoms with van der Waals surface area (Å²) in [7, 11) is 3.22. The molecule has 0 N–H and O–H groups in total. The summed E-state index contributed by atoms with van der Waals surface area (Å²) in [5.74, 6) is 0.124. The number of methoxy groups -OCH3 is 1. The quantitative estimate of drug-likeness (QED) is 0.726. The lowest BCUT2D eigenvalue weighted by atomic mass is 10.1. The first-order chi connectivity index (χ1) is 11.6. The highest BCUT2D eigenvalue weighted by Gasteiger charge is 2.22. The van der Waals surface area contributed by atoms with E-state index in [4.69, 9.17) is 4.74 Å². The number of rotatable bonds is 4. The Morgan fingerprint density at radius 1 is 1.12 bits per heavy atom. The molecule has 122 valence electrons. The summed E-state index contributed by atoms with van der Waals surface area (Å²) in [6, 6.07) is 13.0. The molecule has 3 rings (SSSR count). The normalized spacial score (nSPS) is 10.5. The maximum atomic E-state index is 13.0. The minimum atomic E-state index is -0.349. The molecule has 0 aliphatic rings. The molecule has 0 fully saturated rings. The zero-order valence-corrected chi connectivity index (χ0v) is 13.9. The van der Waals surface area contributed by atoms with Crippen molar-refractivity contribution in [2.24, 2.45) is 0 Å². The van der Waals surface area contributed by atoms with Gasteiger partial charge in [-0.3, -0.25) is 4.79 Å². The van der Waals surface area contributed by atoms with Crippen LogP contribution in [0.25, 0.3) is 11.3 Å². The number of aromatic nitrogens is 2. The van der Waals surface area contributed by atoms with Crippen LogP contribution in [-0.4, -0.2) is 29.7 Å². The SMILES string of the molecule is COc1ccc(-c2nnsc2C(=O)N(C)c2ccc(F)cc2)cc1. The topological polar surface area (TPSA) is 55.3 Å². The van der Waals surface area contributed by atoms with Gasteiger partial charge in [0.15, 0.2) is 0 Å². The first-order valence-corrected chi connectivity index (χ1v) is 7.88. The van der Waals surface area contributed by atoms with E-state index in [9.17, 15) is 9.18 Å². The monoisotopic (exact) mass is 343 g/mol. The molecule has 5 nitrogen and oxygen atoms in total. The molecule has 24 heavy (non-hydrogen) atoms. The van der Waals surface area contributed by atoms with Crippen molar-refractivity contribution in [2.75, 3.05) is 19.1 Å². The molecule has 1 aromatic heterocycles. The average Bonchev–Trinajstić information content (AvgIpc) is 3.11. The van der Waals surface area contributed by atoms with Gasteiger partial charge in [-0.15, -0.1) is 5.10 Å². The van der Waals surface area contributed by atoms with Crippen LogP contribution in [0.5, 0.6) is 5.75 Å². The van der Waals surface area contributed by atoms with E-state index in [0.717, 1.165) is 22.8 Å². The van der Waals surface area contributed by atoms with E-state index >= 15 is 0 Å². The smallest absolute Gasteiger partial charge is 0.272 e. The molecular formula is C17H14FN3O2S. The Hall–Kier alpha value is -2.80. The fraction of sp³-hybridized carbons (Fsp3) is 0.118. The molecule has 0 aliphatic heterocycles. The van der Waals surface area contributed by atoms with E-state index in [0.29, 0.717) is 16.3 Å². The summed E-state index contributed by atoms with van der Waals surface area (Å²) >= 11 is 1.03. The Morgan fingerprint density at radius 2 is 1.79 bits per heavy atom. The van der Waals surface area contributed by atoms with Crippen LogP contribution in [0, 0.1) is 5.82 Å². The number of benzene rings is 2. The fourth-order valence-electron chi connectivity index (χ4n) is 2.20. The van der Waals surface area contributed by atoms with Crippen molar-refractivity contribution in [3.63, 3.8) is 0 Å². The molecule has 1 heterocycles. The predicted molar refractivity (Wildman–Crippen MR) is 91.0 cm³/mol. The van der Waals surface area contributed by atoms with Gasteiger partial charge in [0.05, 0.1) is 7.11 Å². The van der Waals surface area contributed by atoms with Gasteiger partial charge in [0.1, 0.15) is 22.1 Å². The second-order valence-electron chi connectivity index (χ2n) is 5.02. The lowest BCUT2D eigenvalue weighted by Gasteiger charge is -2.16. The third kappa shape index (κ3) is 3.11. The van der Waals surface area contributed by atoms with Crippen LogP contribution < -0.4 is 9.64 Å². The molecule has 2 aromatic carbocycles. The molecular weight excluding hydrogens is 329 g/mol.